The van der Waals surface area contributed by atoms with Crippen LogP contribution in [0.15, 0.2) is 60.7 Å². The van der Waals surface area contributed by atoms with Gasteiger partial charge in [0.1, 0.15) is 12.1 Å². The molecule has 3 amide bonds. The summed E-state index contributed by atoms with van der Waals surface area (Å²) >= 11 is 6.18. The number of hydrogen-bond acceptors (Lipinski definition) is 8. The maximum absolute atomic E-state index is 13.5. The minimum atomic E-state index is -1.23. The van der Waals surface area contributed by atoms with Crippen molar-refractivity contribution >= 4 is 69.3 Å². The monoisotopic (exact) mass is 692 g/mol. The molecule has 0 aliphatic carbocycles. The number of carbonyl (C=O) groups is 5. The van der Waals surface area contributed by atoms with Gasteiger partial charge in [-0.3, -0.25) is 30.0 Å². The van der Waals surface area contributed by atoms with Crippen LogP contribution in [0, 0.1) is 10.8 Å². The summed E-state index contributed by atoms with van der Waals surface area (Å²) in [7, 11) is 1.17. The number of unbranched alkanes of at least 4 members (excludes halogenated alkanes) is 1. The number of guanidine groups is 1. The molecule has 0 radical (unpaired) electrons. The van der Waals surface area contributed by atoms with Gasteiger partial charge in [-0.1, -0.05) is 41.9 Å². The second kappa shape index (κ2) is 18.7. The quantitative estimate of drug-likeness (QED) is 0.0259. The van der Waals surface area contributed by atoms with Crippen molar-refractivity contribution in [1.82, 2.24) is 21.3 Å². The van der Waals surface area contributed by atoms with Gasteiger partial charge in [-0.2, -0.15) is 0 Å². The third-order valence-corrected chi connectivity index (χ3v) is 7.65. The first-order valence-corrected chi connectivity index (χ1v) is 16.0. The Morgan fingerprint density at radius 2 is 1.53 bits per heavy atom. The Balaban J connectivity index is 1.78. The Hall–Kier alpha value is -5.50. The zero-order chi connectivity index (χ0) is 35.9. The summed E-state index contributed by atoms with van der Waals surface area (Å²) in [6, 6.07) is 14.5. The van der Waals surface area contributed by atoms with Gasteiger partial charge in [-0.25, -0.2) is 4.79 Å². The molecule has 49 heavy (non-hydrogen) atoms. The van der Waals surface area contributed by atoms with E-state index in [9.17, 15) is 24.0 Å². The van der Waals surface area contributed by atoms with Crippen LogP contribution in [0.3, 0.4) is 0 Å². The molecule has 0 aliphatic rings. The number of benzene rings is 3. The number of Topliss-reactive ketones (excluding diaryl/α,β-unsaturated/α-hetero) is 1. The van der Waals surface area contributed by atoms with Crippen molar-refractivity contribution in [3.63, 3.8) is 0 Å². The predicted octanol–water partition coefficient (Wildman–Crippen LogP) is 3.09. The first-order valence-electron chi connectivity index (χ1n) is 15.6. The molecule has 0 aliphatic heterocycles. The zero-order valence-electron chi connectivity index (χ0n) is 27.3. The first kappa shape index (κ1) is 38.0. The molecular weight excluding hydrogens is 652 g/mol. The molecule has 0 heterocycles. The van der Waals surface area contributed by atoms with Crippen molar-refractivity contribution in [3.8, 4) is 0 Å². The number of nitrogens with one attached hydrogen (secondary N) is 7. The lowest BCUT2D eigenvalue weighted by molar-refractivity contribution is -0.145. The summed E-state index contributed by atoms with van der Waals surface area (Å²) in [5, 5.41) is 30.0. The van der Waals surface area contributed by atoms with Crippen LogP contribution in [0.2, 0.25) is 5.02 Å². The fraction of sp³-hybridized carbons (Fsp3) is 0.324. The molecule has 3 aromatic rings. The van der Waals surface area contributed by atoms with Gasteiger partial charge < -0.3 is 37.1 Å². The number of nitrogens with two attached hydrogens (primary N) is 1. The molecule has 2 unspecified atom stereocenters. The van der Waals surface area contributed by atoms with E-state index in [4.69, 9.17) is 32.9 Å². The smallest absolute Gasteiger partial charge is 0.328 e. The van der Waals surface area contributed by atoms with Crippen molar-refractivity contribution in [2.75, 3.05) is 25.5 Å². The molecular formula is C34H41ClN8O6. The summed E-state index contributed by atoms with van der Waals surface area (Å²) in [5.74, 6) is -4.08. The Morgan fingerprint density at radius 1 is 0.837 bits per heavy atom. The number of ether oxygens (including phenoxy) is 1. The highest BCUT2D eigenvalue weighted by atomic mass is 35.5. The summed E-state index contributed by atoms with van der Waals surface area (Å²) < 4.78 is 4.84. The van der Waals surface area contributed by atoms with Gasteiger partial charge in [0.2, 0.25) is 5.91 Å². The number of carbonyl (C=O) groups excluding carboxylic acids is 5. The number of fused-ring (bicyclic) bond motifs is 1. The fourth-order valence-electron chi connectivity index (χ4n) is 4.90. The Bertz CT molecular complexity index is 1710. The number of amidine groups is 1. The molecule has 260 valence electrons. The van der Waals surface area contributed by atoms with Crippen LogP contribution in [-0.4, -0.2) is 73.6 Å². The van der Waals surface area contributed by atoms with E-state index in [0.717, 1.165) is 10.8 Å². The molecule has 15 heteroatoms. The van der Waals surface area contributed by atoms with Gasteiger partial charge in [0.25, 0.3) is 17.6 Å². The van der Waals surface area contributed by atoms with Gasteiger partial charge in [0.05, 0.1) is 24.2 Å². The van der Waals surface area contributed by atoms with Crippen LogP contribution in [0.25, 0.3) is 10.8 Å². The van der Waals surface area contributed by atoms with E-state index in [-0.39, 0.29) is 47.5 Å². The number of rotatable bonds is 17. The molecule has 2 atom stereocenters. The van der Waals surface area contributed by atoms with E-state index in [1.807, 2.05) is 24.3 Å². The first-order chi connectivity index (χ1) is 23.4. The number of esters is 1. The van der Waals surface area contributed by atoms with Crippen molar-refractivity contribution in [1.29, 1.82) is 10.8 Å². The number of hydrogen-bond donors (Lipinski definition) is 8. The van der Waals surface area contributed by atoms with Gasteiger partial charge in [0, 0.05) is 23.7 Å². The number of amides is 3. The van der Waals surface area contributed by atoms with Gasteiger partial charge in [-0.15, -0.1) is 0 Å². The maximum atomic E-state index is 13.5. The maximum Gasteiger partial charge on any atom is 0.328 e. The minimum absolute atomic E-state index is 0.0433. The van der Waals surface area contributed by atoms with E-state index >= 15 is 0 Å². The van der Waals surface area contributed by atoms with Crippen LogP contribution in [0.1, 0.15) is 59.7 Å². The Kier molecular flexibility index (Phi) is 14.5. The van der Waals surface area contributed by atoms with Crippen LogP contribution >= 0.6 is 11.6 Å². The summed E-state index contributed by atoms with van der Waals surface area (Å²) in [6.07, 6.45) is 1.56. The van der Waals surface area contributed by atoms with Gasteiger partial charge in [-0.05, 0) is 80.1 Å². The molecule has 0 saturated heterocycles. The molecule has 0 aromatic heterocycles. The van der Waals surface area contributed by atoms with Gasteiger partial charge in [0.15, 0.2) is 5.96 Å². The Labute approximate surface area is 288 Å². The van der Waals surface area contributed by atoms with Crippen LogP contribution < -0.4 is 32.3 Å². The van der Waals surface area contributed by atoms with Crippen molar-refractivity contribution in [2.24, 2.45) is 5.73 Å². The minimum Gasteiger partial charge on any atom is -0.467 e. The summed E-state index contributed by atoms with van der Waals surface area (Å²) in [6.45, 7) is 2.31. The highest BCUT2D eigenvalue weighted by Crippen LogP contribution is 2.23. The van der Waals surface area contributed by atoms with E-state index in [1.54, 1.807) is 25.1 Å². The standard InChI is InChI=1S/C34H41ClN8O6/c1-20(36)39-16-6-5-10-27(31(46)43-28(33(48)49-2)11-7-17-40-34(37)38)42-32(47)29(44)25-19-24(35)14-15-26(25)41-30(45)23-13-12-21-8-3-4-9-22(21)18-23/h3-4,8-9,12-15,18-19,27-28H,5-7,10-11,16-17H2,1-2H3,(H2,36,39)(H,41,45)(H,42,47)(H,43,46)(H4,37,38,40). The largest absolute Gasteiger partial charge is 0.467 e. The Morgan fingerprint density at radius 3 is 2.22 bits per heavy atom. The van der Waals surface area contributed by atoms with Crippen molar-refractivity contribution in [2.45, 2.75) is 51.1 Å². The third-order valence-electron chi connectivity index (χ3n) is 7.41. The average molecular weight is 693 g/mol. The SMILES string of the molecule is COC(=O)C(CCCNC(=N)N)NC(=O)C(CCCCNC(C)=N)NC(=O)C(=O)c1cc(Cl)ccc1NC(=O)c1ccc2ccccc2c1. The number of anilines is 1. The topological polar surface area (TPSA) is 228 Å². The molecule has 14 nitrogen and oxygen atoms in total. The van der Waals surface area contributed by atoms with E-state index in [1.165, 1.54) is 25.3 Å². The molecule has 0 bridgehead atoms. The summed E-state index contributed by atoms with van der Waals surface area (Å²) in [4.78, 5) is 66.0. The van der Waals surface area contributed by atoms with Crippen molar-refractivity contribution in [3.05, 3.63) is 76.8 Å². The zero-order valence-corrected chi connectivity index (χ0v) is 28.0. The lowest BCUT2D eigenvalue weighted by atomic mass is 10.0. The average Bonchev–Trinajstić information content (AvgIpc) is 3.08. The second-order valence-corrected chi connectivity index (χ2v) is 11.6. The normalized spacial score (nSPS) is 11.8. The van der Waals surface area contributed by atoms with Crippen LogP contribution in [0.4, 0.5) is 5.69 Å². The highest BCUT2D eigenvalue weighted by Gasteiger charge is 2.30. The molecule has 3 aromatic carbocycles. The lowest BCUT2D eigenvalue weighted by Crippen LogP contribution is -2.53. The molecule has 0 spiro atoms. The third kappa shape index (κ3) is 11.9. The molecule has 9 N–H and O–H groups in total. The van der Waals surface area contributed by atoms with Crippen molar-refractivity contribution < 1.29 is 28.7 Å². The molecule has 3 rings (SSSR count). The molecule has 0 fully saturated rings. The van der Waals surface area contributed by atoms with Crippen LogP contribution in [0.5, 0.6) is 0 Å². The van der Waals surface area contributed by atoms with E-state index in [2.05, 4.69) is 26.6 Å². The number of methoxy groups -OCH3 is 1. The highest BCUT2D eigenvalue weighted by molar-refractivity contribution is 6.45. The number of ketones is 1. The second-order valence-electron chi connectivity index (χ2n) is 11.2. The van der Waals surface area contributed by atoms with Crippen LogP contribution in [-0.2, 0) is 19.1 Å². The number of halogens is 1. The van der Waals surface area contributed by atoms with Gasteiger partial charge >= 0.3 is 5.97 Å². The predicted molar refractivity (Wildman–Crippen MR) is 188 cm³/mol. The van der Waals surface area contributed by atoms with E-state index in [0.29, 0.717) is 31.4 Å². The molecule has 0 saturated carbocycles. The van der Waals surface area contributed by atoms with E-state index < -0.39 is 41.6 Å². The fourth-order valence-corrected chi connectivity index (χ4v) is 5.07. The summed E-state index contributed by atoms with van der Waals surface area (Å²) in [5.41, 5.74) is 5.49. The lowest BCUT2D eigenvalue weighted by Gasteiger charge is -2.22.